The Kier molecular flexibility index (Phi) is 4.76. The van der Waals surface area contributed by atoms with Gasteiger partial charge in [-0.25, -0.2) is 4.39 Å². The standard InChI is InChI=1S/C18H17BrFNO3/c1-3-23-17-7-11-6-10(2)24-16(11)9-15(17)21-18(22)13-8-12(20)4-5-14(13)19/h4-5,7-10H,3,6H2,1-2H3,(H,21,22). The summed E-state index contributed by atoms with van der Waals surface area (Å²) in [6.45, 7) is 4.34. The SMILES string of the molecule is CCOc1cc2c(cc1NC(=O)c1cc(F)ccc1Br)OC(C)C2. The zero-order chi connectivity index (χ0) is 17.3. The third-order valence-electron chi connectivity index (χ3n) is 3.72. The number of rotatable bonds is 4. The second-order valence-electron chi connectivity index (χ2n) is 5.60. The van der Waals surface area contributed by atoms with Gasteiger partial charge in [0.05, 0.1) is 17.9 Å². The molecule has 0 aromatic heterocycles. The molecule has 2 aromatic rings. The van der Waals surface area contributed by atoms with Gasteiger partial charge in [-0.15, -0.1) is 0 Å². The minimum absolute atomic E-state index is 0.0952. The van der Waals surface area contributed by atoms with Crippen LogP contribution in [0.1, 0.15) is 29.8 Å². The highest BCUT2D eigenvalue weighted by atomic mass is 79.9. The summed E-state index contributed by atoms with van der Waals surface area (Å²) in [5, 5.41) is 2.78. The van der Waals surface area contributed by atoms with E-state index in [0.717, 1.165) is 17.7 Å². The third-order valence-corrected chi connectivity index (χ3v) is 4.41. The van der Waals surface area contributed by atoms with E-state index in [9.17, 15) is 9.18 Å². The average molecular weight is 394 g/mol. The summed E-state index contributed by atoms with van der Waals surface area (Å²) in [5.74, 6) is 0.419. The van der Waals surface area contributed by atoms with Crippen LogP contribution in [0.15, 0.2) is 34.8 Å². The van der Waals surface area contributed by atoms with Gasteiger partial charge in [-0.1, -0.05) is 0 Å². The Morgan fingerprint density at radius 1 is 1.42 bits per heavy atom. The topological polar surface area (TPSA) is 47.6 Å². The number of amides is 1. The van der Waals surface area contributed by atoms with E-state index in [1.807, 2.05) is 19.9 Å². The first-order valence-corrected chi connectivity index (χ1v) is 8.50. The van der Waals surface area contributed by atoms with Crippen LogP contribution >= 0.6 is 15.9 Å². The third kappa shape index (κ3) is 3.38. The van der Waals surface area contributed by atoms with Crippen LogP contribution in [-0.4, -0.2) is 18.6 Å². The van der Waals surface area contributed by atoms with Crippen molar-refractivity contribution >= 4 is 27.5 Å². The normalized spacial score (nSPS) is 15.6. The lowest BCUT2D eigenvalue weighted by Gasteiger charge is -2.14. The number of carbonyl (C=O) groups is 1. The van der Waals surface area contributed by atoms with E-state index in [0.29, 0.717) is 22.5 Å². The molecule has 0 saturated heterocycles. The molecule has 1 amide bonds. The van der Waals surface area contributed by atoms with Gasteiger partial charge >= 0.3 is 0 Å². The van der Waals surface area contributed by atoms with E-state index in [1.165, 1.54) is 18.2 Å². The maximum absolute atomic E-state index is 13.4. The Morgan fingerprint density at radius 3 is 2.96 bits per heavy atom. The first-order chi connectivity index (χ1) is 11.5. The van der Waals surface area contributed by atoms with E-state index < -0.39 is 11.7 Å². The van der Waals surface area contributed by atoms with Crippen LogP contribution < -0.4 is 14.8 Å². The minimum Gasteiger partial charge on any atom is -0.492 e. The molecule has 3 rings (SSSR count). The summed E-state index contributed by atoms with van der Waals surface area (Å²) in [5.41, 5.74) is 1.77. The lowest BCUT2D eigenvalue weighted by atomic mass is 10.1. The molecule has 0 aliphatic carbocycles. The quantitative estimate of drug-likeness (QED) is 0.827. The van der Waals surface area contributed by atoms with E-state index in [4.69, 9.17) is 9.47 Å². The molecule has 2 aromatic carbocycles. The Bertz CT molecular complexity index is 794. The van der Waals surface area contributed by atoms with Crippen molar-refractivity contribution in [2.45, 2.75) is 26.4 Å². The van der Waals surface area contributed by atoms with Crippen molar-refractivity contribution in [1.29, 1.82) is 0 Å². The predicted octanol–water partition coefficient (Wildman–Crippen LogP) is 4.56. The zero-order valence-corrected chi connectivity index (χ0v) is 14.9. The van der Waals surface area contributed by atoms with Gasteiger partial charge in [0.2, 0.25) is 0 Å². The Balaban J connectivity index is 1.92. The second-order valence-corrected chi connectivity index (χ2v) is 6.45. The molecule has 0 fully saturated rings. The monoisotopic (exact) mass is 393 g/mol. The molecular formula is C18H17BrFNO3. The molecule has 4 nitrogen and oxygen atoms in total. The van der Waals surface area contributed by atoms with Crippen LogP contribution in [0.5, 0.6) is 11.5 Å². The fourth-order valence-corrected chi connectivity index (χ4v) is 3.10. The second kappa shape index (κ2) is 6.81. The van der Waals surface area contributed by atoms with Gasteiger partial charge in [0.15, 0.2) is 0 Å². The number of anilines is 1. The number of nitrogens with one attached hydrogen (secondary N) is 1. The number of fused-ring (bicyclic) bond motifs is 1. The van der Waals surface area contributed by atoms with E-state index in [1.54, 1.807) is 6.07 Å². The number of carbonyl (C=O) groups excluding carboxylic acids is 1. The highest BCUT2D eigenvalue weighted by Gasteiger charge is 2.23. The number of benzene rings is 2. The molecule has 0 saturated carbocycles. The molecule has 1 heterocycles. The Hall–Kier alpha value is -2.08. The number of halogens is 2. The van der Waals surface area contributed by atoms with Crippen LogP contribution in [0.3, 0.4) is 0 Å². The smallest absolute Gasteiger partial charge is 0.257 e. The van der Waals surface area contributed by atoms with Crippen molar-refractivity contribution < 1.29 is 18.7 Å². The molecule has 1 aliphatic heterocycles. The van der Waals surface area contributed by atoms with Crippen LogP contribution in [0.4, 0.5) is 10.1 Å². The highest BCUT2D eigenvalue weighted by Crippen LogP contribution is 2.38. The van der Waals surface area contributed by atoms with Gasteiger partial charge in [-0.05, 0) is 54.0 Å². The molecule has 24 heavy (non-hydrogen) atoms. The highest BCUT2D eigenvalue weighted by molar-refractivity contribution is 9.10. The molecule has 1 aliphatic rings. The van der Waals surface area contributed by atoms with E-state index in [2.05, 4.69) is 21.2 Å². The number of hydrogen-bond acceptors (Lipinski definition) is 3. The van der Waals surface area contributed by atoms with Crippen molar-refractivity contribution in [3.05, 3.63) is 51.7 Å². The molecule has 1 N–H and O–H groups in total. The van der Waals surface area contributed by atoms with Gasteiger partial charge < -0.3 is 14.8 Å². The van der Waals surface area contributed by atoms with Crippen molar-refractivity contribution in [2.75, 3.05) is 11.9 Å². The van der Waals surface area contributed by atoms with Crippen molar-refractivity contribution in [2.24, 2.45) is 0 Å². The van der Waals surface area contributed by atoms with Crippen molar-refractivity contribution in [1.82, 2.24) is 0 Å². The van der Waals surface area contributed by atoms with Gasteiger partial charge in [0, 0.05) is 22.5 Å². The first-order valence-electron chi connectivity index (χ1n) is 7.70. The van der Waals surface area contributed by atoms with Crippen molar-refractivity contribution in [3.8, 4) is 11.5 Å². The fourth-order valence-electron chi connectivity index (χ4n) is 2.67. The van der Waals surface area contributed by atoms with Gasteiger partial charge in [0.25, 0.3) is 5.91 Å². The van der Waals surface area contributed by atoms with Crippen LogP contribution in [0.25, 0.3) is 0 Å². The van der Waals surface area contributed by atoms with Gasteiger partial charge in [0.1, 0.15) is 23.4 Å². The summed E-state index contributed by atoms with van der Waals surface area (Å²) in [4.78, 5) is 12.5. The molecular weight excluding hydrogens is 377 g/mol. The molecule has 0 bridgehead atoms. The molecule has 0 spiro atoms. The summed E-state index contributed by atoms with van der Waals surface area (Å²) in [7, 11) is 0. The van der Waals surface area contributed by atoms with Gasteiger partial charge in [-0.2, -0.15) is 0 Å². The minimum atomic E-state index is -0.473. The summed E-state index contributed by atoms with van der Waals surface area (Å²) in [6.07, 6.45) is 0.900. The average Bonchev–Trinajstić information content (AvgIpc) is 2.89. The fraction of sp³-hybridized carbons (Fsp3) is 0.278. The molecule has 0 radical (unpaired) electrons. The Morgan fingerprint density at radius 2 is 2.21 bits per heavy atom. The van der Waals surface area contributed by atoms with E-state index in [-0.39, 0.29) is 11.7 Å². The van der Waals surface area contributed by atoms with Crippen LogP contribution in [-0.2, 0) is 6.42 Å². The summed E-state index contributed by atoms with van der Waals surface area (Å²) >= 11 is 3.27. The lowest BCUT2D eigenvalue weighted by molar-refractivity contribution is 0.102. The molecule has 6 heteroatoms. The van der Waals surface area contributed by atoms with Gasteiger partial charge in [-0.3, -0.25) is 4.79 Å². The largest absolute Gasteiger partial charge is 0.492 e. The number of ether oxygens (including phenoxy) is 2. The summed E-state index contributed by atoms with van der Waals surface area (Å²) < 4.78 is 25.3. The first kappa shape index (κ1) is 16.8. The molecule has 1 atom stereocenters. The zero-order valence-electron chi connectivity index (χ0n) is 13.4. The summed E-state index contributed by atoms with van der Waals surface area (Å²) in [6, 6.07) is 7.62. The molecule has 1 unspecified atom stereocenters. The van der Waals surface area contributed by atoms with Crippen LogP contribution in [0.2, 0.25) is 0 Å². The van der Waals surface area contributed by atoms with E-state index >= 15 is 0 Å². The lowest BCUT2D eigenvalue weighted by Crippen LogP contribution is -2.14. The maximum Gasteiger partial charge on any atom is 0.257 e. The number of hydrogen-bond donors (Lipinski definition) is 1. The predicted molar refractivity (Wildman–Crippen MR) is 93.5 cm³/mol. The molecule has 126 valence electrons. The maximum atomic E-state index is 13.4. The Labute approximate surface area is 148 Å². The van der Waals surface area contributed by atoms with Crippen molar-refractivity contribution in [3.63, 3.8) is 0 Å². The van der Waals surface area contributed by atoms with Crippen LogP contribution in [0, 0.1) is 5.82 Å².